The van der Waals surface area contributed by atoms with Crippen molar-refractivity contribution >= 4 is 0 Å². The van der Waals surface area contributed by atoms with Crippen LogP contribution in [0.5, 0.6) is 5.75 Å². The summed E-state index contributed by atoms with van der Waals surface area (Å²) in [5, 5.41) is 0. The van der Waals surface area contributed by atoms with Gasteiger partial charge in [0.15, 0.2) is 0 Å². The first kappa shape index (κ1) is 14.2. The number of aromatic nitrogens is 1. The molecule has 0 aliphatic heterocycles. The quantitative estimate of drug-likeness (QED) is 0.620. The molecule has 2 heteroatoms. The van der Waals surface area contributed by atoms with Gasteiger partial charge in [-0.2, -0.15) is 0 Å². The largest absolute Gasteiger partial charge is 0.497 e. The molecule has 0 amide bonds. The number of rotatable bonds is 1. The van der Waals surface area contributed by atoms with Gasteiger partial charge in [-0.05, 0) is 13.0 Å². The van der Waals surface area contributed by atoms with Crippen LogP contribution >= 0.6 is 0 Å². The fourth-order valence-corrected chi connectivity index (χ4v) is 0.647. The highest BCUT2D eigenvalue weighted by Crippen LogP contribution is 2.07. The lowest BCUT2D eigenvalue weighted by atomic mass is 10.4. The SMILES string of the molecule is C=C.CC.COc1ccnc(C)c1. The predicted octanol–water partition coefficient (Wildman–Crippen LogP) is 3.23. The summed E-state index contributed by atoms with van der Waals surface area (Å²) in [5.41, 5.74) is 0.981. The Bertz CT molecular complexity index is 211. The Morgan fingerprint density at radius 2 is 1.85 bits per heavy atom. The van der Waals surface area contributed by atoms with E-state index >= 15 is 0 Å². The summed E-state index contributed by atoms with van der Waals surface area (Å²) in [6, 6.07) is 3.72. The Balaban J connectivity index is 0. The second-order valence-corrected chi connectivity index (χ2v) is 1.84. The zero-order chi connectivity index (χ0) is 10.7. The number of ether oxygens (including phenoxy) is 1. The van der Waals surface area contributed by atoms with Gasteiger partial charge in [-0.15, -0.1) is 13.2 Å². The van der Waals surface area contributed by atoms with E-state index in [-0.39, 0.29) is 0 Å². The van der Waals surface area contributed by atoms with Crippen LogP contribution in [-0.2, 0) is 0 Å². The fraction of sp³-hybridized carbons (Fsp3) is 0.364. The van der Waals surface area contributed by atoms with E-state index in [0.717, 1.165) is 11.4 Å². The zero-order valence-electron chi connectivity index (χ0n) is 9.00. The Kier molecular flexibility index (Phi) is 11.7. The van der Waals surface area contributed by atoms with Crippen LogP contribution in [0.1, 0.15) is 19.5 Å². The van der Waals surface area contributed by atoms with Crippen LogP contribution in [0.4, 0.5) is 0 Å². The Labute approximate surface area is 81.3 Å². The highest BCUT2D eigenvalue weighted by Gasteiger charge is 1.87. The average Bonchev–Trinajstić information content (AvgIpc) is 2.24. The minimum Gasteiger partial charge on any atom is -0.497 e. The first-order valence-electron chi connectivity index (χ1n) is 4.29. The lowest BCUT2D eigenvalue weighted by molar-refractivity contribution is 0.414. The van der Waals surface area contributed by atoms with Crippen molar-refractivity contribution in [2.45, 2.75) is 20.8 Å². The molecule has 0 radical (unpaired) electrons. The molecule has 0 saturated carbocycles. The van der Waals surface area contributed by atoms with Gasteiger partial charge >= 0.3 is 0 Å². The summed E-state index contributed by atoms with van der Waals surface area (Å²) >= 11 is 0. The normalized spacial score (nSPS) is 7.08. The third-order valence-electron chi connectivity index (χ3n) is 1.10. The monoisotopic (exact) mass is 181 g/mol. The van der Waals surface area contributed by atoms with Crippen molar-refractivity contribution in [3.8, 4) is 5.75 Å². The van der Waals surface area contributed by atoms with E-state index in [9.17, 15) is 0 Å². The van der Waals surface area contributed by atoms with Crippen molar-refractivity contribution in [2.24, 2.45) is 0 Å². The third-order valence-corrected chi connectivity index (χ3v) is 1.10. The smallest absolute Gasteiger partial charge is 0.122 e. The molecule has 13 heavy (non-hydrogen) atoms. The predicted molar refractivity (Wildman–Crippen MR) is 58.1 cm³/mol. The summed E-state index contributed by atoms with van der Waals surface area (Å²) in [7, 11) is 1.65. The van der Waals surface area contributed by atoms with Crippen molar-refractivity contribution in [1.29, 1.82) is 0 Å². The molecule has 0 atom stereocenters. The summed E-state index contributed by atoms with van der Waals surface area (Å²) in [5.74, 6) is 0.863. The molecule has 74 valence electrons. The maximum Gasteiger partial charge on any atom is 0.122 e. The maximum absolute atomic E-state index is 4.96. The second-order valence-electron chi connectivity index (χ2n) is 1.84. The van der Waals surface area contributed by atoms with E-state index in [1.807, 2.05) is 32.9 Å². The van der Waals surface area contributed by atoms with Crippen LogP contribution in [-0.4, -0.2) is 12.1 Å². The molecular formula is C11H19NO. The van der Waals surface area contributed by atoms with Gasteiger partial charge in [0.25, 0.3) is 0 Å². The molecule has 0 spiro atoms. The number of hydrogen-bond donors (Lipinski definition) is 0. The van der Waals surface area contributed by atoms with Crippen LogP contribution in [0.3, 0.4) is 0 Å². The summed E-state index contributed by atoms with van der Waals surface area (Å²) in [6.45, 7) is 11.9. The molecule has 1 aromatic heterocycles. The zero-order valence-corrected chi connectivity index (χ0v) is 9.00. The van der Waals surface area contributed by atoms with E-state index in [1.54, 1.807) is 13.3 Å². The van der Waals surface area contributed by atoms with Crippen LogP contribution in [0.2, 0.25) is 0 Å². The molecule has 0 aliphatic rings. The molecular weight excluding hydrogens is 162 g/mol. The molecule has 0 saturated heterocycles. The van der Waals surface area contributed by atoms with E-state index in [1.165, 1.54) is 0 Å². The Morgan fingerprint density at radius 1 is 1.31 bits per heavy atom. The van der Waals surface area contributed by atoms with E-state index in [4.69, 9.17) is 4.74 Å². The first-order valence-corrected chi connectivity index (χ1v) is 4.29. The molecule has 2 nitrogen and oxygen atoms in total. The van der Waals surface area contributed by atoms with Gasteiger partial charge < -0.3 is 4.74 Å². The van der Waals surface area contributed by atoms with Crippen LogP contribution in [0.15, 0.2) is 31.5 Å². The van der Waals surface area contributed by atoms with Gasteiger partial charge in [-0.3, -0.25) is 4.98 Å². The third kappa shape index (κ3) is 7.06. The number of aryl methyl sites for hydroxylation is 1. The van der Waals surface area contributed by atoms with Crippen molar-refractivity contribution in [2.75, 3.05) is 7.11 Å². The first-order chi connectivity index (χ1) is 6.33. The van der Waals surface area contributed by atoms with Gasteiger partial charge in [0.1, 0.15) is 5.75 Å². The van der Waals surface area contributed by atoms with E-state index in [0.29, 0.717) is 0 Å². The fourth-order valence-electron chi connectivity index (χ4n) is 0.647. The van der Waals surface area contributed by atoms with Gasteiger partial charge in [-0.1, -0.05) is 13.8 Å². The Morgan fingerprint density at radius 3 is 2.15 bits per heavy atom. The van der Waals surface area contributed by atoms with Crippen molar-refractivity contribution < 1.29 is 4.74 Å². The molecule has 0 aromatic carbocycles. The maximum atomic E-state index is 4.96. The lowest BCUT2D eigenvalue weighted by Gasteiger charge is -1.97. The molecule has 0 N–H and O–H groups in total. The summed E-state index contributed by atoms with van der Waals surface area (Å²) in [6.07, 6.45) is 1.73. The minimum atomic E-state index is 0.863. The molecule has 1 heterocycles. The highest BCUT2D eigenvalue weighted by atomic mass is 16.5. The number of nitrogens with zero attached hydrogens (tertiary/aromatic N) is 1. The van der Waals surface area contributed by atoms with Crippen LogP contribution in [0, 0.1) is 6.92 Å². The van der Waals surface area contributed by atoms with Gasteiger partial charge in [0, 0.05) is 18.0 Å². The summed E-state index contributed by atoms with van der Waals surface area (Å²) in [4.78, 5) is 4.01. The van der Waals surface area contributed by atoms with Gasteiger partial charge in [0.05, 0.1) is 7.11 Å². The average molecular weight is 181 g/mol. The number of hydrogen-bond acceptors (Lipinski definition) is 2. The number of pyridine rings is 1. The van der Waals surface area contributed by atoms with Crippen molar-refractivity contribution in [3.05, 3.63) is 37.2 Å². The second kappa shape index (κ2) is 10.7. The topological polar surface area (TPSA) is 22.1 Å². The molecule has 1 rings (SSSR count). The van der Waals surface area contributed by atoms with Crippen LogP contribution in [0.25, 0.3) is 0 Å². The molecule has 1 aromatic rings. The van der Waals surface area contributed by atoms with Gasteiger partial charge in [0.2, 0.25) is 0 Å². The van der Waals surface area contributed by atoms with E-state index < -0.39 is 0 Å². The Hall–Kier alpha value is -1.31. The molecule has 0 unspecified atom stereocenters. The lowest BCUT2D eigenvalue weighted by Crippen LogP contribution is -1.84. The van der Waals surface area contributed by atoms with Crippen molar-refractivity contribution in [3.63, 3.8) is 0 Å². The molecule has 0 bridgehead atoms. The minimum absolute atomic E-state index is 0.863. The standard InChI is InChI=1S/C7H9NO.C2H6.C2H4/c1-6-5-7(9-2)3-4-8-6;2*1-2/h3-5H,1-2H3;1-2H3;1-2H2. The molecule has 0 aliphatic carbocycles. The highest BCUT2D eigenvalue weighted by molar-refractivity contribution is 5.21. The number of methoxy groups -OCH3 is 1. The van der Waals surface area contributed by atoms with Crippen molar-refractivity contribution in [1.82, 2.24) is 4.98 Å². The van der Waals surface area contributed by atoms with Gasteiger partial charge in [-0.25, -0.2) is 0 Å². The molecule has 0 fully saturated rings. The van der Waals surface area contributed by atoms with Crippen LogP contribution < -0.4 is 4.74 Å². The summed E-state index contributed by atoms with van der Waals surface area (Å²) < 4.78 is 4.96. The van der Waals surface area contributed by atoms with E-state index in [2.05, 4.69) is 18.1 Å².